The van der Waals surface area contributed by atoms with E-state index >= 15 is 0 Å². The summed E-state index contributed by atoms with van der Waals surface area (Å²) in [5, 5.41) is 3.48. The van der Waals surface area contributed by atoms with E-state index in [4.69, 9.17) is 14.2 Å². The van der Waals surface area contributed by atoms with Gasteiger partial charge in [0.25, 0.3) is 0 Å². The Morgan fingerprint density at radius 3 is 2.06 bits per heavy atom. The van der Waals surface area contributed by atoms with Crippen molar-refractivity contribution in [2.45, 2.75) is 45.6 Å². The number of rotatable bonds is 15. The molecule has 0 aliphatic heterocycles. The standard InChI is InChI=1S/C28H35NO3/c1-2-3-4-5-9-18-30-28-17-11-13-25(22-28)29-23-24-12-10-16-27(21-24)32-20-19-31-26-14-7-6-8-15-26/h6-8,10-17,21-22,29H,2-5,9,18-20,23H2,1H3. The summed E-state index contributed by atoms with van der Waals surface area (Å²) in [6.45, 7) is 4.75. The van der Waals surface area contributed by atoms with Gasteiger partial charge in [0.15, 0.2) is 0 Å². The molecule has 0 saturated heterocycles. The van der Waals surface area contributed by atoms with Crippen molar-refractivity contribution in [1.29, 1.82) is 0 Å². The minimum absolute atomic E-state index is 0.504. The van der Waals surface area contributed by atoms with Crippen LogP contribution >= 0.6 is 0 Å². The van der Waals surface area contributed by atoms with E-state index in [0.717, 1.165) is 48.1 Å². The van der Waals surface area contributed by atoms with Crippen LogP contribution < -0.4 is 19.5 Å². The van der Waals surface area contributed by atoms with Crippen LogP contribution in [0.15, 0.2) is 78.9 Å². The van der Waals surface area contributed by atoms with E-state index in [0.29, 0.717) is 13.2 Å². The molecular formula is C28H35NO3. The van der Waals surface area contributed by atoms with Crippen LogP contribution in [0.5, 0.6) is 17.2 Å². The fourth-order valence-electron chi connectivity index (χ4n) is 3.38. The van der Waals surface area contributed by atoms with Gasteiger partial charge in [-0.05, 0) is 48.4 Å². The fraction of sp³-hybridized carbons (Fsp3) is 0.357. The average Bonchev–Trinajstić information content (AvgIpc) is 2.84. The van der Waals surface area contributed by atoms with Crippen molar-refractivity contribution < 1.29 is 14.2 Å². The van der Waals surface area contributed by atoms with Crippen molar-refractivity contribution in [3.63, 3.8) is 0 Å². The summed E-state index contributed by atoms with van der Waals surface area (Å²) in [6, 6.07) is 26.1. The van der Waals surface area contributed by atoms with Gasteiger partial charge in [-0.3, -0.25) is 0 Å². The molecule has 0 aliphatic rings. The zero-order valence-electron chi connectivity index (χ0n) is 19.1. The van der Waals surface area contributed by atoms with E-state index in [9.17, 15) is 0 Å². The zero-order valence-corrected chi connectivity index (χ0v) is 19.1. The highest BCUT2D eigenvalue weighted by Gasteiger charge is 2.01. The van der Waals surface area contributed by atoms with Crippen LogP contribution in [0.4, 0.5) is 5.69 Å². The highest BCUT2D eigenvalue weighted by Crippen LogP contribution is 2.20. The third-order valence-electron chi connectivity index (χ3n) is 5.11. The Balaban J connectivity index is 1.38. The Kier molecular flexibility index (Phi) is 10.3. The third kappa shape index (κ3) is 8.93. The second-order valence-corrected chi connectivity index (χ2v) is 7.80. The Morgan fingerprint density at radius 2 is 1.25 bits per heavy atom. The second kappa shape index (κ2) is 14.0. The SMILES string of the molecule is CCCCCCCOc1cccc(NCc2cccc(OCCOc3ccccc3)c2)c1. The number of nitrogens with one attached hydrogen (secondary N) is 1. The lowest BCUT2D eigenvalue weighted by Crippen LogP contribution is -2.09. The molecule has 3 aromatic carbocycles. The molecule has 0 aromatic heterocycles. The Labute approximate surface area is 192 Å². The van der Waals surface area contributed by atoms with Crippen molar-refractivity contribution in [1.82, 2.24) is 0 Å². The number of anilines is 1. The molecule has 0 bridgehead atoms. The lowest BCUT2D eigenvalue weighted by molar-refractivity contribution is 0.217. The molecule has 0 fully saturated rings. The van der Waals surface area contributed by atoms with Gasteiger partial charge in [0.1, 0.15) is 30.5 Å². The van der Waals surface area contributed by atoms with Crippen LogP contribution in [0.1, 0.15) is 44.6 Å². The largest absolute Gasteiger partial charge is 0.494 e. The van der Waals surface area contributed by atoms with Gasteiger partial charge in [-0.2, -0.15) is 0 Å². The lowest BCUT2D eigenvalue weighted by Gasteiger charge is -2.12. The Morgan fingerprint density at radius 1 is 0.594 bits per heavy atom. The van der Waals surface area contributed by atoms with E-state index in [2.05, 4.69) is 36.5 Å². The van der Waals surface area contributed by atoms with Crippen molar-refractivity contribution in [3.05, 3.63) is 84.4 Å². The van der Waals surface area contributed by atoms with Crippen molar-refractivity contribution >= 4 is 5.69 Å². The first-order valence-corrected chi connectivity index (χ1v) is 11.7. The van der Waals surface area contributed by atoms with Gasteiger partial charge >= 0.3 is 0 Å². The summed E-state index contributed by atoms with van der Waals surface area (Å²) < 4.78 is 17.4. The molecule has 170 valence electrons. The molecule has 0 unspecified atom stereocenters. The summed E-state index contributed by atoms with van der Waals surface area (Å²) in [6.07, 6.45) is 6.23. The van der Waals surface area contributed by atoms with E-state index in [1.165, 1.54) is 25.7 Å². The molecule has 0 atom stereocenters. The topological polar surface area (TPSA) is 39.7 Å². The van der Waals surface area contributed by atoms with Crippen molar-refractivity contribution in [2.75, 3.05) is 25.1 Å². The van der Waals surface area contributed by atoms with Crippen molar-refractivity contribution in [3.8, 4) is 17.2 Å². The molecule has 0 spiro atoms. The van der Waals surface area contributed by atoms with Gasteiger partial charge in [0, 0.05) is 18.3 Å². The average molecular weight is 434 g/mol. The van der Waals surface area contributed by atoms with Crippen LogP contribution in [-0.2, 0) is 6.54 Å². The molecule has 1 N–H and O–H groups in total. The van der Waals surface area contributed by atoms with Crippen LogP contribution in [0, 0.1) is 0 Å². The summed E-state index contributed by atoms with van der Waals surface area (Å²) in [5.74, 6) is 2.62. The number of hydrogen-bond acceptors (Lipinski definition) is 4. The first-order valence-electron chi connectivity index (χ1n) is 11.7. The smallest absolute Gasteiger partial charge is 0.122 e. The molecule has 0 saturated carbocycles. The number of unbranched alkanes of at least 4 members (excludes halogenated alkanes) is 4. The highest BCUT2D eigenvalue weighted by atomic mass is 16.5. The van der Waals surface area contributed by atoms with Gasteiger partial charge in [0.2, 0.25) is 0 Å². The minimum Gasteiger partial charge on any atom is -0.494 e. The normalized spacial score (nSPS) is 10.5. The molecule has 0 aliphatic carbocycles. The van der Waals surface area contributed by atoms with Gasteiger partial charge < -0.3 is 19.5 Å². The molecule has 0 radical (unpaired) electrons. The molecule has 3 rings (SSSR count). The first-order chi connectivity index (χ1) is 15.8. The van der Waals surface area contributed by atoms with E-state index in [1.807, 2.05) is 54.6 Å². The molecule has 4 nitrogen and oxygen atoms in total. The fourth-order valence-corrected chi connectivity index (χ4v) is 3.38. The van der Waals surface area contributed by atoms with E-state index in [-0.39, 0.29) is 0 Å². The zero-order chi connectivity index (χ0) is 22.3. The predicted molar refractivity (Wildman–Crippen MR) is 132 cm³/mol. The second-order valence-electron chi connectivity index (χ2n) is 7.80. The van der Waals surface area contributed by atoms with Crippen LogP contribution in [0.25, 0.3) is 0 Å². The van der Waals surface area contributed by atoms with Crippen LogP contribution in [0.2, 0.25) is 0 Å². The first kappa shape index (κ1) is 23.5. The molecule has 4 heteroatoms. The quantitative estimate of drug-likeness (QED) is 0.259. The summed E-state index contributed by atoms with van der Waals surface area (Å²) in [4.78, 5) is 0. The third-order valence-corrected chi connectivity index (χ3v) is 5.11. The van der Waals surface area contributed by atoms with Gasteiger partial charge in [-0.1, -0.05) is 69.0 Å². The number of ether oxygens (including phenoxy) is 3. The summed E-state index contributed by atoms with van der Waals surface area (Å²) >= 11 is 0. The maximum absolute atomic E-state index is 5.91. The minimum atomic E-state index is 0.504. The van der Waals surface area contributed by atoms with E-state index in [1.54, 1.807) is 0 Å². The predicted octanol–water partition coefficient (Wildman–Crippen LogP) is 7.11. The summed E-state index contributed by atoms with van der Waals surface area (Å²) in [5.41, 5.74) is 2.21. The van der Waals surface area contributed by atoms with Crippen molar-refractivity contribution in [2.24, 2.45) is 0 Å². The molecular weight excluding hydrogens is 398 g/mol. The monoisotopic (exact) mass is 433 g/mol. The molecule has 3 aromatic rings. The van der Waals surface area contributed by atoms with Crippen LogP contribution in [-0.4, -0.2) is 19.8 Å². The maximum atomic E-state index is 5.91. The Hall–Kier alpha value is -3.14. The summed E-state index contributed by atoms with van der Waals surface area (Å²) in [7, 11) is 0. The Bertz CT molecular complexity index is 898. The lowest BCUT2D eigenvalue weighted by atomic mass is 10.2. The number of hydrogen-bond donors (Lipinski definition) is 1. The van der Waals surface area contributed by atoms with Gasteiger partial charge in [-0.25, -0.2) is 0 Å². The van der Waals surface area contributed by atoms with E-state index < -0.39 is 0 Å². The number of para-hydroxylation sites is 1. The molecule has 0 amide bonds. The number of benzene rings is 3. The molecule has 0 heterocycles. The maximum Gasteiger partial charge on any atom is 0.122 e. The highest BCUT2D eigenvalue weighted by molar-refractivity contribution is 5.48. The van der Waals surface area contributed by atoms with Gasteiger partial charge in [-0.15, -0.1) is 0 Å². The molecule has 32 heavy (non-hydrogen) atoms. The van der Waals surface area contributed by atoms with Crippen LogP contribution in [0.3, 0.4) is 0 Å². The van der Waals surface area contributed by atoms with Gasteiger partial charge in [0.05, 0.1) is 6.61 Å².